The summed E-state index contributed by atoms with van der Waals surface area (Å²) in [6.07, 6.45) is -0.389. The van der Waals surface area contributed by atoms with Crippen molar-refractivity contribution < 1.29 is 28.7 Å². The van der Waals surface area contributed by atoms with E-state index in [2.05, 4.69) is 15.4 Å². The molecule has 30 heavy (non-hydrogen) atoms. The number of carbonyl (C=O) groups is 4. The van der Waals surface area contributed by atoms with Crippen LogP contribution in [0.25, 0.3) is 0 Å². The summed E-state index contributed by atoms with van der Waals surface area (Å²) < 4.78 is 9.89. The third-order valence-electron chi connectivity index (χ3n) is 4.28. The molecule has 2 amide bonds. The van der Waals surface area contributed by atoms with E-state index in [1.54, 1.807) is 27.7 Å². The summed E-state index contributed by atoms with van der Waals surface area (Å²) in [4.78, 5) is 49.5. The molecule has 0 aliphatic rings. The van der Waals surface area contributed by atoms with Crippen molar-refractivity contribution >= 4 is 23.8 Å². The van der Waals surface area contributed by atoms with Crippen molar-refractivity contribution in [1.29, 1.82) is 0 Å². The third-order valence-corrected chi connectivity index (χ3v) is 4.28. The van der Waals surface area contributed by atoms with Crippen molar-refractivity contribution in [3.05, 3.63) is 35.9 Å². The maximum absolute atomic E-state index is 12.8. The van der Waals surface area contributed by atoms with E-state index < -0.39 is 40.9 Å². The maximum Gasteiger partial charge on any atom is 0.328 e. The highest BCUT2D eigenvalue weighted by Crippen LogP contribution is 2.17. The topological polar surface area (TPSA) is 111 Å². The van der Waals surface area contributed by atoms with Gasteiger partial charge < -0.3 is 20.1 Å². The zero-order valence-electron chi connectivity index (χ0n) is 18.7. The number of nitrogens with one attached hydrogen (secondary N) is 2. The Morgan fingerprint density at radius 1 is 1.00 bits per heavy atom. The van der Waals surface area contributed by atoms with E-state index in [4.69, 9.17) is 4.74 Å². The highest BCUT2D eigenvalue weighted by Gasteiger charge is 2.35. The molecule has 2 N–H and O–H groups in total. The number of esters is 2. The Hall–Kier alpha value is -2.90. The standard InChI is InChI=1S/C22H32N2O6/c1-14(15-11-9-8-10-12-15)18(26)24-22(5,6)20(28)23-16(19(27)29-7)13-17(25)30-21(2,3)4/h8-12,14,16H,13H2,1-7H3,(H,23,28)(H,24,26). The van der Waals surface area contributed by atoms with Gasteiger partial charge in [-0.2, -0.15) is 0 Å². The molecule has 1 aromatic rings. The number of methoxy groups -OCH3 is 1. The van der Waals surface area contributed by atoms with Gasteiger partial charge in [-0.3, -0.25) is 14.4 Å². The van der Waals surface area contributed by atoms with Crippen LogP contribution in [-0.2, 0) is 28.7 Å². The van der Waals surface area contributed by atoms with Crippen LogP contribution in [0.15, 0.2) is 30.3 Å². The Labute approximate surface area is 177 Å². The number of ether oxygens (including phenoxy) is 2. The van der Waals surface area contributed by atoms with Crippen LogP contribution >= 0.6 is 0 Å². The van der Waals surface area contributed by atoms with Gasteiger partial charge in [0.25, 0.3) is 0 Å². The lowest BCUT2D eigenvalue weighted by atomic mass is 9.97. The summed E-state index contributed by atoms with van der Waals surface area (Å²) in [6, 6.07) is 7.92. The summed E-state index contributed by atoms with van der Waals surface area (Å²) in [7, 11) is 1.16. The summed E-state index contributed by atoms with van der Waals surface area (Å²) in [5, 5.41) is 5.17. The SMILES string of the molecule is COC(=O)C(CC(=O)OC(C)(C)C)NC(=O)C(C)(C)NC(=O)C(C)c1ccccc1. The van der Waals surface area contributed by atoms with Gasteiger partial charge in [-0.1, -0.05) is 30.3 Å². The molecule has 0 bridgehead atoms. The van der Waals surface area contributed by atoms with E-state index in [0.29, 0.717) is 0 Å². The average Bonchev–Trinajstić information content (AvgIpc) is 2.64. The van der Waals surface area contributed by atoms with E-state index in [1.807, 2.05) is 30.3 Å². The Morgan fingerprint density at radius 2 is 1.57 bits per heavy atom. The first kappa shape index (κ1) is 25.1. The smallest absolute Gasteiger partial charge is 0.328 e. The Morgan fingerprint density at radius 3 is 2.07 bits per heavy atom. The van der Waals surface area contributed by atoms with Crippen LogP contribution in [0.1, 0.15) is 59.4 Å². The molecule has 8 nitrogen and oxygen atoms in total. The Bertz CT molecular complexity index is 768. The normalized spacial score (nSPS) is 13.6. The van der Waals surface area contributed by atoms with Crippen molar-refractivity contribution in [1.82, 2.24) is 10.6 Å². The van der Waals surface area contributed by atoms with Gasteiger partial charge in [-0.15, -0.1) is 0 Å². The van der Waals surface area contributed by atoms with Crippen LogP contribution in [0.2, 0.25) is 0 Å². The minimum atomic E-state index is -1.33. The van der Waals surface area contributed by atoms with E-state index in [1.165, 1.54) is 13.8 Å². The number of hydrogen-bond donors (Lipinski definition) is 2. The van der Waals surface area contributed by atoms with Crippen LogP contribution in [0.3, 0.4) is 0 Å². The second-order valence-corrected chi connectivity index (χ2v) is 8.59. The highest BCUT2D eigenvalue weighted by atomic mass is 16.6. The molecule has 2 unspecified atom stereocenters. The summed E-state index contributed by atoms with van der Waals surface area (Å²) >= 11 is 0. The zero-order chi connectivity index (χ0) is 23.1. The van der Waals surface area contributed by atoms with E-state index in [0.717, 1.165) is 12.7 Å². The predicted octanol–water partition coefficient (Wildman–Crippen LogP) is 2.07. The molecular formula is C22H32N2O6. The number of rotatable bonds is 8. The van der Waals surface area contributed by atoms with Gasteiger partial charge in [-0.05, 0) is 47.1 Å². The fraction of sp³-hybridized carbons (Fsp3) is 0.545. The van der Waals surface area contributed by atoms with Crippen LogP contribution in [0.4, 0.5) is 0 Å². The van der Waals surface area contributed by atoms with Gasteiger partial charge in [-0.25, -0.2) is 4.79 Å². The van der Waals surface area contributed by atoms with Crippen molar-refractivity contribution in [3.8, 4) is 0 Å². The molecular weight excluding hydrogens is 388 g/mol. The lowest BCUT2D eigenvalue weighted by molar-refractivity contribution is -0.159. The second kappa shape index (κ2) is 10.2. The molecule has 0 radical (unpaired) electrons. The molecule has 0 spiro atoms. The minimum Gasteiger partial charge on any atom is -0.467 e. The van der Waals surface area contributed by atoms with Gasteiger partial charge >= 0.3 is 11.9 Å². The van der Waals surface area contributed by atoms with Crippen LogP contribution in [0, 0.1) is 0 Å². The molecule has 0 aliphatic carbocycles. The molecule has 166 valence electrons. The number of amides is 2. The fourth-order valence-corrected chi connectivity index (χ4v) is 2.59. The molecule has 1 aromatic carbocycles. The van der Waals surface area contributed by atoms with Crippen LogP contribution < -0.4 is 10.6 Å². The third kappa shape index (κ3) is 7.85. The predicted molar refractivity (Wildman–Crippen MR) is 111 cm³/mol. The largest absolute Gasteiger partial charge is 0.467 e. The van der Waals surface area contributed by atoms with Crippen LogP contribution in [0.5, 0.6) is 0 Å². The molecule has 0 saturated heterocycles. The molecule has 0 aliphatic heterocycles. The van der Waals surface area contributed by atoms with Gasteiger partial charge in [0.15, 0.2) is 0 Å². The van der Waals surface area contributed by atoms with E-state index in [-0.39, 0.29) is 12.3 Å². The first-order valence-corrected chi connectivity index (χ1v) is 9.74. The number of benzene rings is 1. The Kier molecular flexibility index (Phi) is 8.57. The quantitative estimate of drug-likeness (QED) is 0.623. The first-order chi connectivity index (χ1) is 13.8. The number of carbonyl (C=O) groups excluding carboxylic acids is 4. The fourth-order valence-electron chi connectivity index (χ4n) is 2.59. The lowest BCUT2D eigenvalue weighted by Crippen LogP contribution is -2.58. The molecule has 8 heteroatoms. The molecule has 0 heterocycles. The monoisotopic (exact) mass is 420 g/mol. The van der Waals surface area contributed by atoms with Crippen molar-refractivity contribution in [3.63, 3.8) is 0 Å². The van der Waals surface area contributed by atoms with Crippen molar-refractivity contribution in [2.75, 3.05) is 7.11 Å². The second-order valence-electron chi connectivity index (χ2n) is 8.59. The van der Waals surface area contributed by atoms with Crippen LogP contribution in [-0.4, -0.2) is 48.0 Å². The summed E-state index contributed by atoms with van der Waals surface area (Å²) in [6.45, 7) is 9.85. The molecule has 0 aromatic heterocycles. The molecule has 1 rings (SSSR count). The zero-order valence-corrected chi connectivity index (χ0v) is 18.7. The van der Waals surface area contributed by atoms with Gasteiger partial charge in [0, 0.05) is 0 Å². The lowest BCUT2D eigenvalue weighted by Gasteiger charge is -2.29. The van der Waals surface area contributed by atoms with Gasteiger partial charge in [0.1, 0.15) is 17.2 Å². The molecule has 0 saturated carbocycles. The maximum atomic E-state index is 12.8. The summed E-state index contributed by atoms with van der Waals surface area (Å²) in [5.41, 5.74) is -1.26. The highest BCUT2D eigenvalue weighted by molar-refractivity contribution is 5.95. The van der Waals surface area contributed by atoms with Crippen molar-refractivity contribution in [2.24, 2.45) is 0 Å². The molecule has 2 atom stereocenters. The van der Waals surface area contributed by atoms with Gasteiger partial charge in [0.05, 0.1) is 19.4 Å². The first-order valence-electron chi connectivity index (χ1n) is 9.74. The van der Waals surface area contributed by atoms with E-state index in [9.17, 15) is 19.2 Å². The minimum absolute atomic E-state index is 0.344. The van der Waals surface area contributed by atoms with E-state index >= 15 is 0 Å². The molecule has 0 fully saturated rings. The Balaban J connectivity index is 2.84. The van der Waals surface area contributed by atoms with Crippen molar-refractivity contribution in [2.45, 2.75) is 71.1 Å². The summed E-state index contributed by atoms with van der Waals surface area (Å²) in [5.74, 6) is -2.89. The van der Waals surface area contributed by atoms with Gasteiger partial charge in [0.2, 0.25) is 11.8 Å². The average molecular weight is 421 g/mol. The number of hydrogen-bond acceptors (Lipinski definition) is 6.